The maximum Gasteiger partial charge on any atom is 0.0533 e. The SMILES string of the molecule is C(=Cc1cccc2c3c([nH]c12)C1CCN(CC1)C3)c1ccccc1. The average molecular weight is 314 g/mol. The summed E-state index contributed by atoms with van der Waals surface area (Å²) in [5, 5.41) is 1.42. The quantitative estimate of drug-likeness (QED) is 0.657. The Morgan fingerprint density at radius 3 is 2.58 bits per heavy atom. The lowest BCUT2D eigenvalue weighted by atomic mass is 9.94. The fourth-order valence-electron chi connectivity index (χ4n) is 4.33. The Hall–Kier alpha value is -2.32. The van der Waals surface area contributed by atoms with Crippen molar-refractivity contribution in [1.82, 2.24) is 9.88 Å². The minimum atomic E-state index is 0.720. The molecule has 1 saturated heterocycles. The Morgan fingerprint density at radius 1 is 0.917 bits per heavy atom. The molecule has 1 aromatic heterocycles. The van der Waals surface area contributed by atoms with Crippen molar-refractivity contribution in [3.8, 4) is 0 Å². The van der Waals surface area contributed by atoms with Gasteiger partial charge >= 0.3 is 0 Å². The Balaban J connectivity index is 1.61. The predicted molar refractivity (Wildman–Crippen MR) is 101 cm³/mol. The molecule has 3 aliphatic rings. The van der Waals surface area contributed by atoms with Crippen LogP contribution in [0.1, 0.15) is 41.1 Å². The molecule has 3 aliphatic heterocycles. The van der Waals surface area contributed by atoms with Gasteiger partial charge in [0, 0.05) is 23.5 Å². The molecule has 0 amide bonds. The molecule has 3 aromatic rings. The third kappa shape index (κ3) is 2.30. The lowest BCUT2D eigenvalue weighted by Gasteiger charge is -2.26. The van der Waals surface area contributed by atoms with Crippen LogP contribution in [0.5, 0.6) is 0 Å². The zero-order chi connectivity index (χ0) is 15.9. The van der Waals surface area contributed by atoms with Gasteiger partial charge in [-0.3, -0.25) is 4.90 Å². The number of fused-ring (bicyclic) bond motifs is 3. The van der Waals surface area contributed by atoms with Gasteiger partial charge < -0.3 is 4.98 Å². The number of piperidine rings is 1. The van der Waals surface area contributed by atoms with Crippen LogP contribution < -0.4 is 0 Å². The fourth-order valence-corrected chi connectivity index (χ4v) is 4.33. The number of rotatable bonds is 2. The highest BCUT2D eigenvalue weighted by Gasteiger charge is 2.30. The van der Waals surface area contributed by atoms with Crippen molar-refractivity contribution in [2.45, 2.75) is 25.3 Å². The zero-order valence-electron chi connectivity index (χ0n) is 13.8. The van der Waals surface area contributed by atoms with Crippen molar-refractivity contribution >= 4 is 23.1 Å². The number of hydrogen-bond donors (Lipinski definition) is 1. The Bertz CT molecular complexity index is 896. The van der Waals surface area contributed by atoms with Gasteiger partial charge in [-0.15, -0.1) is 0 Å². The van der Waals surface area contributed by atoms with Gasteiger partial charge in [-0.1, -0.05) is 60.7 Å². The third-order valence-corrected chi connectivity index (χ3v) is 5.64. The minimum Gasteiger partial charge on any atom is -0.357 e. The molecular formula is C22H22N2. The first-order valence-corrected chi connectivity index (χ1v) is 8.97. The normalized spacial score (nSPS) is 22.8. The molecule has 0 atom stereocenters. The van der Waals surface area contributed by atoms with Gasteiger partial charge in [0.25, 0.3) is 0 Å². The van der Waals surface area contributed by atoms with Crippen molar-refractivity contribution < 1.29 is 0 Å². The second-order valence-electron chi connectivity index (χ2n) is 7.08. The maximum atomic E-state index is 3.81. The van der Waals surface area contributed by atoms with Gasteiger partial charge in [0.1, 0.15) is 0 Å². The van der Waals surface area contributed by atoms with E-state index in [1.165, 1.54) is 53.7 Å². The van der Waals surface area contributed by atoms with Crippen LogP contribution in [0, 0.1) is 0 Å². The van der Waals surface area contributed by atoms with Crippen molar-refractivity contribution in [3.05, 3.63) is 70.9 Å². The van der Waals surface area contributed by atoms with Crippen LogP contribution in [-0.2, 0) is 6.54 Å². The monoisotopic (exact) mass is 314 g/mol. The second-order valence-corrected chi connectivity index (χ2v) is 7.08. The standard InChI is InChI=1S/C22H22N2/c1-2-5-16(6-3-1)9-10-17-7-4-8-19-20-15-24-13-11-18(12-14-24)22(20)23-21(17)19/h1-10,18,23H,11-15H2. The van der Waals surface area contributed by atoms with Crippen LogP contribution in [0.3, 0.4) is 0 Å². The number of nitrogens with zero attached hydrogens (tertiary/aromatic N) is 1. The largest absolute Gasteiger partial charge is 0.357 e. The smallest absolute Gasteiger partial charge is 0.0533 e. The molecule has 2 nitrogen and oxygen atoms in total. The molecule has 4 heterocycles. The van der Waals surface area contributed by atoms with E-state index in [0.717, 1.165) is 12.5 Å². The van der Waals surface area contributed by atoms with E-state index in [0.29, 0.717) is 0 Å². The van der Waals surface area contributed by atoms with Gasteiger partial charge in [-0.2, -0.15) is 0 Å². The molecular weight excluding hydrogens is 292 g/mol. The molecule has 2 bridgehead atoms. The van der Waals surface area contributed by atoms with E-state index in [2.05, 4.69) is 70.6 Å². The Labute approximate surface area is 142 Å². The topological polar surface area (TPSA) is 19.0 Å². The number of nitrogens with one attached hydrogen (secondary N) is 1. The lowest BCUT2D eigenvalue weighted by molar-refractivity contribution is 0.220. The molecule has 120 valence electrons. The minimum absolute atomic E-state index is 0.720. The lowest BCUT2D eigenvalue weighted by Crippen LogP contribution is -2.29. The van der Waals surface area contributed by atoms with E-state index in [9.17, 15) is 0 Å². The highest BCUT2D eigenvalue weighted by Crippen LogP contribution is 2.39. The number of hydrogen-bond acceptors (Lipinski definition) is 1. The van der Waals surface area contributed by atoms with Crippen LogP contribution in [0.2, 0.25) is 0 Å². The summed E-state index contributed by atoms with van der Waals surface area (Å²) < 4.78 is 0. The number of aromatic nitrogens is 1. The molecule has 24 heavy (non-hydrogen) atoms. The summed E-state index contributed by atoms with van der Waals surface area (Å²) in [6.07, 6.45) is 7.05. The summed E-state index contributed by atoms with van der Waals surface area (Å²) >= 11 is 0. The van der Waals surface area contributed by atoms with Gasteiger partial charge in [0.15, 0.2) is 0 Å². The summed E-state index contributed by atoms with van der Waals surface area (Å²) in [7, 11) is 0. The van der Waals surface area contributed by atoms with Crippen molar-refractivity contribution in [2.24, 2.45) is 0 Å². The molecule has 1 fully saturated rings. The van der Waals surface area contributed by atoms with Crippen molar-refractivity contribution in [1.29, 1.82) is 0 Å². The molecule has 2 heteroatoms. The first kappa shape index (κ1) is 14.1. The van der Waals surface area contributed by atoms with Crippen molar-refractivity contribution in [2.75, 3.05) is 13.1 Å². The molecule has 2 aromatic carbocycles. The first-order chi connectivity index (χ1) is 11.9. The third-order valence-electron chi connectivity index (χ3n) is 5.64. The van der Waals surface area contributed by atoms with Crippen LogP contribution in [0.25, 0.3) is 23.1 Å². The van der Waals surface area contributed by atoms with Gasteiger partial charge in [-0.25, -0.2) is 0 Å². The fraction of sp³-hybridized carbons (Fsp3) is 0.273. The van der Waals surface area contributed by atoms with Crippen LogP contribution in [-0.4, -0.2) is 23.0 Å². The molecule has 0 saturated carbocycles. The highest BCUT2D eigenvalue weighted by atomic mass is 15.1. The Kier molecular flexibility index (Phi) is 3.30. The van der Waals surface area contributed by atoms with Crippen LogP contribution in [0.4, 0.5) is 0 Å². The van der Waals surface area contributed by atoms with Crippen LogP contribution >= 0.6 is 0 Å². The van der Waals surface area contributed by atoms with Gasteiger partial charge in [-0.05, 0) is 42.6 Å². The van der Waals surface area contributed by atoms with E-state index >= 15 is 0 Å². The van der Waals surface area contributed by atoms with E-state index < -0.39 is 0 Å². The van der Waals surface area contributed by atoms with Gasteiger partial charge in [0.05, 0.1) is 5.52 Å². The summed E-state index contributed by atoms with van der Waals surface area (Å²) in [6, 6.07) is 17.2. The van der Waals surface area contributed by atoms with E-state index in [4.69, 9.17) is 0 Å². The maximum absolute atomic E-state index is 3.81. The van der Waals surface area contributed by atoms with E-state index in [-0.39, 0.29) is 0 Å². The summed E-state index contributed by atoms with van der Waals surface area (Å²) in [4.78, 5) is 6.42. The van der Waals surface area contributed by atoms with E-state index in [1.807, 2.05) is 0 Å². The predicted octanol–water partition coefficient (Wildman–Crippen LogP) is 5.03. The summed E-state index contributed by atoms with van der Waals surface area (Å²) in [6.45, 7) is 3.61. The molecule has 0 radical (unpaired) electrons. The van der Waals surface area contributed by atoms with Crippen LogP contribution in [0.15, 0.2) is 48.5 Å². The number of aromatic amines is 1. The van der Waals surface area contributed by atoms with Gasteiger partial charge in [0.2, 0.25) is 0 Å². The highest BCUT2D eigenvalue weighted by molar-refractivity contribution is 5.93. The zero-order valence-corrected chi connectivity index (χ0v) is 13.8. The number of benzene rings is 2. The average Bonchev–Trinajstić information content (AvgIpc) is 2.81. The second kappa shape index (κ2) is 5.64. The molecule has 0 unspecified atom stereocenters. The Morgan fingerprint density at radius 2 is 1.75 bits per heavy atom. The molecule has 1 N–H and O–H groups in total. The summed E-state index contributed by atoms with van der Waals surface area (Å²) in [5.74, 6) is 0.720. The molecule has 0 aliphatic carbocycles. The first-order valence-electron chi connectivity index (χ1n) is 8.97. The molecule has 6 rings (SSSR count). The summed E-state index contributed by atoms with van der Waals surface area (Å²) in [5.41, 5.74) is 6.89. The molecule has 0 spiro atoms. The van der Waals surface area contributed by atoms with E-state index in [1.54, 1.807) is 5.56 Å². The van der Waals surface area contributed by atoms with Crippen molar-refractivity contribution in [3.63, 3.8) is 0 Å². The number of para-hydroxylation sites is 1. The number of H-pyrrole nitrogens is 1.